The largest absolute Gasteiger partial charge is 0.350 e. The first-order chi connectivity index (χ1) is 16.8. The molecule has 4 rings (SSSR count). The van der Waals surface area contributed by atoms with Gasteiger partial charge in [-0.25, -0.2) is 9.37 Å². The normalized spacial score (nSPS) is 16.4. The van der Waals surface area contributed by atoms with Gasteiger partial charge in [-0.3, -0.25) is 14.4 Å². The Morgan fingerprint density at radius 1 is 1.11 bits per heavy atom. The molecule has 1 aromatic heterocycles. The van der Waals surface area contributed by atoms with Crippen LogP contribution in [0.2, 0.25) is 0 Å². The van der Waals surface area contributed by atoms with Gasteiger partial charge >= 0.3 is 0 Å². The van der Waals surface area contributed by atoms with E-state index in [4.69, 9.17) is 0 Å². The monoisotopic (exact) mass is 494 g/mol. The molecule has 0 bridgehead atoms. The second-order valence-corrected chi connectivity index (χ2v) is 9.53. The lowest BCUT2D eigenvalue weighted by atomic mass is 9.96. The molecule has 3 amide bonds. The highest BCUT2D eigenvalue weighted by Gasteiger charge is 2.29. The minimum absolute atomic E-state index is 0.0811. The van der Waals surface area contributed by atoms with Crippen LogP contribution in [0, 0.1) is 11.7 Å². The average molecular weight is 495 g/mol. The van der Waals surface area contributed by atoms with E-state index in [0.717, 1.165) is 23.2 Å². The van der Waals surface area contributed by atoms with Gasteiger partial charge in [0, 0.05) is 36.5 Å². The fourth-order valence-corrected chi connectivity index (χ4v) is 4.88. The van der Waals surface area contributed by atoms with Gasteiger partial charge in [-0.1, -0.05) is 24.3 Å². The summed E-state index contributed by atoms with van der Waals surface area (Å²) in [6, 6.07) is 13.1. The molecule has 0 radical (unpaired) electrons. The Bertz CT molecular complexity index is 1210. The molecule has 2 atom stereocenters. The number of aromatic nitrogens is 1. The van der Waals surface area contributed by atoms with Gasteiger partial charge in [0.05, 0.1) is 17.7 Å². The van der Waals surface area contributed by atoms with Gasteiger partial charge in [-0.15, -0.1) is 11.3 Å². The summed E-state index contributed by atoms with van der Waals surface area (Å²) < 4.78 is 13.2. The van der Waals surface area contributed by atoms with E-state index in [1.807, 2.05) is 36.6 Å². The first kappa shape index (κ1) is 24.5. The molecular weight excluding hydrogens is 467 g/mol. The number of amides is 3. The maximum Gasteiger partial charge on any atom is 0.253 e. The molecule has 0 aliphatic carbocycles. The summed E-state index contributed by atoms with van der Waals surface area (Å²) in [6.07, 6.45) is 1.41. The number of thiazole rings is 1. The Morgan fingerprint density at radius 2 is 1.83 bits per heavy atom. The smallest absolute Gasteiger partial charge is 0.253 e. The van der Waals surface area contributed by atoms with Gasteiger partial charge in [0.15, 0.2) is 5.13 Å². The van der Waals surface area contributed by atoms with Crippen LogP contribution in [0.25, 0.3) is 11.3 Å². The number of piperidine rings is 1. The first-order valence-electron chi connectivity index (χ1n) is 11.5. The van der Waals surface area contributed by atoms with E-state index in [1.54, 1.807) is 4.90 Å². The van der Waals surface area contributed by atoms with E-state index in [0.29, 0.717) is 30.2 Å². The number of nitrogens with zero attached hydrogens (tertiary/aromatic N) is 2. The summed E-state index contributed by atoms with van der Waals surface area (Å²) in [7, 11) is 0. The van der Waals surface area contributed by atoms with Crippen molar-refractivity contribution in [2.75, 3.05) is 18.4 Å². The molecule has 35 heavy (non-hydrogen) atoms. The molecule has 2 unspecified atom stereocenters. The number of benzene rings is 2. The van der Waals surface area contributed by atoms with Gasteiger partial charge < -0.3 is 15.5 Å². The third-order valence-electron chi connectivity index (χ3n) is 6.03. The Labute approximate surface area is 207 Å². The summed E-state index contributed by atoms with van der Waals surface area (Å²) in [4.78, 5) is 43.1. The van der Waals surface area contributed by atoms with Crippen LogP contribution in [0.1, 0.15) is 48.7 Å². The SMILES string of the molecule is CC(=O)NC(C)c1ccc(-c2csc(NC(=O)C3CCCN(C(=O)c4ccc(F)cc4)C3)n2)cc1. The fourth-order valence-electron chi connectivity index (χ4n) is 4.15. The summed E-state index contributed by atoms with van der Waals surface area (Å²) in [6.45, 7) is 4.29. The highest BCUT2D eigenvalue weighted by atomic mass is 32.1. The molecule has 1 aliphatic rings. The van der Waals surface area contributed by atoms with Crippen LogP contribution in [0.15, 0.2) is 53.9 Å². The number of nitrogens with one attached hydrogen (secondary N) is 2. The van der Waals surface area contributed by atoms with Gasteiger partial charge in [-0.05, 0) is 49.6 Å². The van der Waals surface area contributed by atoms with Crippen molar-refractivity contribution >= 4 is 34.2 Å². The average Bonchev–Trinajstić information content (AvgIpc) is 3.32. The molecule has 0 saturated carbocycles. The maximum atomic E-state index is 13.2. The number of carbonyl (C=O) groups excluding carboxylic acids is 3. The van der Waals surface area contributed by atoms with E-state index in [-0.39, 0.29) is 29.7 Å². The number of hydrogen-bond acceptors (Lipinski definition) is 5. The summed E-state index contributed by atoms with van der Waals surface area (Å²) >= 11 is 1.34. The molecule has 1 saturated heterocycles. The predicted octanol–water partition coefficient (Wildman–Crippen LogP) is 4.64. The molecule has 2 heterocycles. The van der Waals surface area contributed by atoms with Crippen molar-refractivity contribution in [2.24, 2.45) is 5.92 Å². The number of rotatable bonds is 6. The minimum atomic E-state index is -0.393. The number of hydrogen-bond donors (Lipinski definition) is 2. The van der Waals surface area contributed by atoms with E-state index >= 15 is 0 Å². The predicted molar refractivity (Wildman–Crippen MR) is 133 cm³/mol. The zero-order valence-corrected chi connectivity index (χ0v) is 20.4. The number of halogens is 1. The van der Waals surface area contributed by atoms with Crippen LogP contribution in [-0.2, 0) is 9.59 Å². The van der Waals surface area contributed by atoms with Crippen molar-refractivity contribution in [3.63, 3.8) is 0 Å². The van der Waals surface area contributed by atoms with E-state index < -0.39 is 5.82 Å². The lowest BCUT2D eigenvalue weighted by Gasteiger charge is -2.32. The van der Waals surface area contributed by atoms with Crippen molar-refractivity contribution in [1.29, 1.82) is 0 Å². The number of likely N-dealkylation sites (tertiary alicyclic amines) is 1. The lowest BCUT2D eigenvalue weighted by molar-refractivity contribution is -0.121. The van der Waals surface area contributed by atoms with Crippen molar-refractivity contribution < 1.29 is 18.8 Å². The van der Waals surface area contributed by atoms with E-state index in [1.165, 1.54) is 42.5 Å². The van der Waals surface area contributed by atoms with E-state index in [9.17, 15) is 18.8 Å². The van der Waals surface area contributed by atoms with Crippen LogP contribution >= 0.6 is 11.3 Å². The molecule has 9 heteroatoms. The van der Waals surface area contributed by atoms with Crippen molar-refractivity contribution in [3.05, 3.63) is 70.9 Å². The molecule has 182 valence electrons. The molecule has 2 aromatic carbocycles. The van der Waals surface area contributed by atoms with Crippen molar-refractivity contribution in [3.8, 4) is 11.3 Å². The molecular formula is C26H27FN4O3S. The van der Waals surface area contributed by atoms with Crippen LogP contribution in [0.3, 0.4) is 0 Å². The van der Waals surface area contributed by atoms with Crippen LogP contribution in [0.5, 0.6) is 0 Å². The highest BCUT2D eigenvalue weighted by Crippen LogP contribution is 2.27. The number of carbonyl (C=O) groups is 3. The lowest BCUT2D eigenvalue weighted by Crippen LogP contribution is -2.43. The standard InChI is InChI=1S/C26H27FN4O3S/c1-16(28-17(2)32)18-5-7-19(8-6-18)23-15-35-26(29-23)30-24(33)21-4-3-13-31(14-21)25(34)20-9-11-22(27)12-10-20/h5-12,15-16,21H,3-4,13-14H2,1-2H3,(H,28,32)(H,29,30,33). The second kappa shape index (κ2) is 10.8. The molecule has 0 spiro atoms. The molecule has 1 fully saturated rings. The summed E-state index contributed by atoms with van der Waals surface area (Å²) in [5, 5.41) is 8.13. The van der Waals surface area contributed by atoms with Crippen LogP contribution < -0.4 is 10.6 Å². The Hall–Kier alpha value is -3.59. The Kier molecular flexibility index (Phi) is 7.55. The first-order valence-corrected chi connectivity index (χ1v) is 12.4. The van der Waals surface area contributed by atoms with Gasteiger partial charge in [-0.2, -0.15) is 0 Å². The Morgan fingerprint density at radius 3 is 2.51 bits per heavy atom. The maximum absolute atomic E-state index is 13.2. The van der Waals surface area contributed by atoms with Gasteiger partial charge in [0.25, 0.3) is 5.91 Å². The third kappa shape index (κ3) is 6.10. The van der Waals surface area contributed by atoms with Gasteiger partial charge in [0.2, 0.25) is 11.8 Å². The van der Waals surface area contributed by atoms with Crippen LogP contribution in [0.4, 0.5) is 9.52 Å². The van der Waals surface area contributed by atoms with Gasteiger partial charge in [0.1, 0.15) is 5.82 Å². The Balaban J connectivity index is 1.36. The number of anilines is 1. The second-order valence-electron chi connectivity index (χ2n) is 8.67. The van der Waals surface area contributed by atoms with Crippen molar-refractivity contribution in [1.82, 2.24) is 15.2 Å². The molecule has 1 aliphatic heterocycles. The summed E-state index contributed by atoms with van der Waals surface area (Å²) in [5.41, 5.74) is 3.06. The van der Waals surface area contributed by atoms with Crippen molar-refractivity contribution in [2.45, 2.75) is 32.7 Å². The zero-order valence-electron chi connectivity index (χ0n) is 19.6. The molecule has 7 nitrogen and oxygen atoms in total. The van der Waals surface area contributed by atoms with Crippen LogP contribution in [-0.4, -0.2) is 40.7 Å². The summed E-state index contributed by atoms with van der Waals surface area (Å²) in [5.74, 6) is -1.18. The van der Waals surface area contributed by atoms with E-state index in [2.05, 4.69) is 15.6 Å². The topological polar surface area (TPSA) is 91.4 Å². The quantitative estimate of drug-likeness (QED) is 0.522. The highest BCUT2D eigenvalue weighted by molar-refractivity contribution is 7.14. The zero-order chi connectivity index (χ0) is 24.9. The molecule has 2 N–H and O–H groups in total. The fraction of sp³-hybridized carbons (Fsp3) is 0.308. The minimum Gasteiger partial charge on any atom is -0.350 e. The third-order valence-corrected chi connectivity index (χ3v) is 6.79. The molecule has 3 aromatic rings.